The summed E-state index contributed by atoms with van der Waals surface area (Å²) in [6.07, 6.45) is 5.00. The number of benzene rings is 2. The van der Waals surface area contributed by atoms with Gasteiger partial charge < -0.3 is 4.90 Å². The van der Waals surface area contributed by atoms with E-state index in [9.17, 15) is 4.79 Å². The molecule has 1 atom stereocenters. The molecule has 1 fully saturated rings. The Morgan fingerprint density at radius 1 is 1.25 bits per heavy atom. The number of nitriles is 1. The molecule has 0 bridgehead atoms. The number of aromatic nitrogens is 4. The first-order valence-corrected chi connectivity index (χ1v) is 10.8. The van der Waals surface area contributed by atoms with Gasteiger partial charge in [-0.05, 0) is 60.8 Å². The van der Waals surface area contributed by atoms with Gasteiger partial charge in [0, 0.05) is 24.5 Å². The molecule has 0 radical (unpaired) electrons. The van der Waals surface area contributed by atoms with Crippen LogP contribution in [0.15, 0.2) is 54.9 Å². The van der Waals surface area contributed by atoms with Crippen molar-refractivity contribution < 1.29 is 4.79 Å². The molecule has 0 amide bonds. The van der Waals surface area contributed by atoms with Crippen LogP contribution in [0.5, 0.6) is 0 Å². The number of ketones is 1. The molecule has 1 aliphatic rings. The molecule has 1 aliphatic heterocycles. The maximum absolute atomic E-state index is 13.0. The van der Waals surface area contributed by atoms with Crippen LogP contribution in [0.2, 0.25) is 0 Å². The van der Waals surface area contributed by atoms with Crippen molar-refractivity contribution in [1.82, 2.24) is 24.9 Å². The number of aromatic amines is 1. The molecular formula is C25H24N6O. The Morgan fingerprint density at radius 2 is 2.16 bits per heavy atom. The molecule has 7 heteroatoms. The van der Waals surface area contributed by atoms with Gasteiger partial charge in [-0.3, -0.25) is 14.6 Å². The number of likely N-dealkylation sites (N-methyl/N-ethyl adjacent to an activating group) is 1. The Labute approximate surface area is 186 Å². The number of rotatable bonds is 6. The van der Waals surface area contributed by atoms with Crippen LogP contribution in [0.1, 0.15) is 45.1 Å². The van der Waals surface area contributed by atoms with Crippen LogP contribution in [0.25, 0.3) is 10.9 Å². The molecule has 2 aromatic heterocycles. The van der Waals surface area contributed by atoms with Crippen LogP contribution in [0.3, 0.4) is 0 Å². The number of likely N-dealkylation sites (tertiary alicyclic amines) is 1. The zero-order valence-corrected chi connectivity index (χ0v) is 18.0. The van der Waals surface area contributed by atoms with Gasteiger partial charge in [-0.2, -0.15) is 15.5 Å². The van der Waals surface area contributed by atoms with E-state index in [1.54, 1.807) is 16.9 Å². The molecule has 1 saturated heterocycles. The molecule has 32 heavy (non-hydrogen) atoms. The molecule has 0 aliphatic carbocycles. The van der Waals surface area contributed by atoms with Crippen LogP contribution in [-0.4, -0.2) is 50.8 Å². The lowest BCUT2D eigenvalue weighted by Gasteiger charge is -2.10. The third kappa shape index (κ3) is 4.05. The second-order valence-corrected chi connectivity index (χ2v) is 8.58. The van der Waals surface area contributed by atoms with E-state index in [0.717, 1.165) is 41.5 Å². The lowest BCUT2D eigenvalue weighted by molar-refractivity contribution is 0.0989. The zero-order valence-electron chi connectivity index (χ0n) is 18.0. The van der Waals surface area contributed by atoms with Crippen molar-refractivity contribution in [2.75, 3.05) is 20.1 Å². The average molecular weight is 425 g/mol. The monoisotopic (exact) mass is 424 g/mol. The zero-order chi connectivity index (χ0) is 22.1. The lowest BCUT2D eigenvalue weighted by atomic mass is 9.96. The summed E-state index contributed by atoms with van der Waals surface area (Å²) in [7, 11) is 2.15. The van der Waals surface area contributed by atoms with Crippen LogP contribution >= 0.6 is 0 Å². The first-order valence-electron chi connectivity index (χ1n) is 10.8. The van der Waals surface area contributed by atoms with E-state index < -0.39 is 0 Å². The second-order valence-electron chi connectivity index (χ2n) is 8.58. The van der Waals surface area contributed by atoms with E-state index in [2.05, 4.69) is 45.4 Å². The third-order valence-corrected chi connectivity index (χ3v) is 6.17. The summed E-state index contributed by atoms with van der Waals surface area (Å²) in [6, 6.07) is 15.9. The summed E-state index contributed by atoms with van der Waals surface area (Å²) >= 11 is 0. The third-order valence-electron chi connectivity index (χ3n) is 6.17. The number of nitrogens with zero attached hydrogens (tertiary/aromatic N) is 5. The molecule has 1 N–H and O–H groups in total. The Hall–Kier alpha value is -3.76. The van der Waals surface area contributed by atoms with E-state index in [1.807, 2.05) is 30.5 Å². The number of Topliss-reactive ketones (excluding diaryl/α,β-unsaturated/α-hetero) is 1. The number of hydrogen-bond donors (Lipinski definition) is 1. The van der Waals surface area contributed by atoms with Gasteiger partial charge in [-0.25, -0.2) is 0 Å². The fourth-order valence-corrected chi connectivity index (χ4v) is 4.49. The molecule has 0 saturated carbocycles. The summed E-state index contributed by atoms with van der Waals surface area (Å²) in [6.45, 7) is 2.73. The number of hydrogen-bond acceptors (Lipinski definition) is 5. The molecular weight excluding hydrogens is 400 g/mol. The Kier molecular flexibility index (Phi) is 5.29. The molecule has 160 valence electrons. The van der Waals surface area contributed by atoms with Crippen molar-refractivity contribution >= 4 is 16.7 Å². The summed E-state index contributed by atoms with van der Waals surface area (Å²) < 4.78 is 1.78. The smallest absolute Gasteiger partial charge is 0.188 e. The number of H-pyrrole nitrogens is 1. The highest BCUT2D eigenvalue weighted by Crippen LogP contribution is 2.29. The van der Waals surface area contributed by atoms with Crippen molar-refractivity contribution in [2.45, 2.75) is 25.3 Å². The standard InChI is InChI=1S/C25H24N6O/c1-30-8-7-21(16-30)20-5-6-22-23(11-20)28-29-25(22)24(32)10-19-13-27-31(15-19)14-18-4-2-3-17(9-18)12-26/h2-6,9,11,13,15,21H,7-8,10,14,16H2,1H3,(H,28,29). The van der Waals surface area contributed by atoms with Gasteiger partial charge in [0.15, 0.2) is 5.78 Å². The summed E-state index contributed by atoms with van der Waals surface area (Å²) in [5.74, 6) is 0.502. The minimum absolute atomic E-state index is 0.0318. The van der Waals surface area contributed by atoms with Gasteiger partial charge in [0.05, 0.1) is 29.9 Å². The van der Waals surface area contributed by atoms with Gasteiger partial charge in [-0.15, -0.1) is 0 Å². The summed E-state index contributed by atoms with van der Waals surface area (Å²) in [5.41, 5.74) is 5.14. The molecule has 1 unspecified atom stereocenters. The highest BCUT2D eigenvalue weighted by atomic mass is 16.1. The number of nitrogens with one attached hydrogen (secondary N) is 1. The van der Waals surface area contributed by atoms with Crippen molar-refractivity contribution in [2.24, 2.45) is 0 Å². The largest absolute Gasteiger partial charge is 0.306 e. The molecule has 7 nitrogen and oxygen atoms in total. The van der Waals surface area contributed by atoms with Gasteiger partial charge in [-0.1, -0.05) is 24.3 Å². The average Bonchev–Trinajstić information content (AvgIpc) is 3.53. The van der Waals surface area contributed by atoms with Crippen LogP contribution in [-0.2, 0) is 13.0 Å². The lowest BCUT2D eigenvalue weighted by Crippen LogP contribution is -2.13. The predicted molar refractivity (Wildman–Crippen MR) is 121 cm³/mol. The molecule has 0 spiro atoms. The second kappa shape index (κ2) is 8.40. The molecule has 2 aromatic carbocycles. The number of fused-ring (bicyclic) bond motifs is 1. The van der Waals surface area contributed by atoms with Crippen molar-refractivity contribution in [1.29, 1.82) is 5.26 Å². The Bertz CT molecular complexity index is 1330. The Balaban J connectivity index is 1.29. The Morgan fingerprint density at radius 3 is 2.97 bits per heavy atom. The van der Waals surface area contributed by atoms with Gasteiger partial charge in [0.1, 0.15) is 5.69 Å². The highest BCUT2D eigenvalue weighted by molar-refractivity contribution is 6.06. The first kappa shape index (κ1) is 20.2. The quantitative estimate of drug-likeness (QED) is 0.478. The minimum atomic E-state index is -0.0318. The van der Waals surface area contributed by atoms with E-state index in [-0.39, 0.29) is 12.2 Å². The van der Waals surface area contributed by atoms with E-state index in [0.29, 0.717) is 23.7 Å². The summed E-state index contributed by atoms with van der Waals surface area (Å²) in [5, 5.41) is 21.7. The maximum Gasteiger partial charge on any atom is 0.188 e. The summed E-state index contributed by atoms with van der Waals surface area (Å²) in [4.78, 5) is 15.3. The van der Waals surface area contributed by atoms with Crippen molar-refractivity contribution in [3.63, 3.8) is 0 Å². The van der Waals surface area contributed by atoms with Crippen molar-refractivity contribution in [3.05, 3.63) is 82.8 Å². The van der Waals surface area contributed by atoms with E-state index in [1.165, 1.54) is 5.56 Å². The number of carbonyl (C=O) groups is 1. The highest BCUT2D eigenvalue weighted by Gasteiger charge is 2.22. The first-order chi connectivity index (χ1) is 15.6. The molecule has 5 rings (SSSR count). The maximum atomic E-state index is 13.0. The molecule has 4 aromatic rings. The topological polar surface area (TPSA) is 90.6 Å². The van der Waals surface area contributed by atoms with Gasteiger partial charge in [0.25, 0.3) is 0 Å². The van der Waals surface area contributed by atoms with Crippen LogP contribution in [0, 0.1) is 11.3 Å². The SMILES string of the molecule is CN1CCC(c2ccc3c(C(=O)Cc4cnn(Cc5cccc(C#N)c5)c4)n[nH]c3c2)C1. The minimum Gasteiger partial charge on any atom is -0.306 e. The van der Waals surface area contributed by atoms with Crippen LogP contribution < -0.4 is 0 Å². The number of carbonyl (C=O) groups excluding carboxylic acids is 1. The van der Waals surface area contributed by atoms with E-state index in [4.69, 9.17) is 5.26 Å². The van der Waals surface area contributed by atoms with Crippen molar-refractivity contribution in [3.8, 4) is 6.07 Å². The normalized spacial score (nSPS) is 16.4. The molecule has 3 heterocycles. The van der Waals surface area contributed by atoms with Gasteiger partial charge >= 0.3 is 0 Å². The fourth-order valence-electron chi connectivity index (χ4n) is 4.49. The van der Waals surface area contributed by atoms with Gasteiger partial charge in [0.2, 0.25) is 0 Å². The van der Waals surface area contributed by atoms with Crippen LogP contribution in [0.4, 0.5) is 0 Å². The predicted octanol–water partition coefficient (Wildman–Crippen LogP) is 3.52. The fraction of sp³-hybridized carbons (Fsp3) is 0.280. The van der Waals surface area contributed by atoms with E-state index >= 15 is 0 Å².